The molecule has 1 saturated heterocycles. The van der Waals surface area contributed by atoms with E-state index >= 15 is 0 Å². The summed E-state index contributed by atoms with van der Waals surface area (Å²) >= 11 is 0. The van der Waals surface area contributed by atoms with Gasteiger partial charge >= 0.3 is 0 Å². The van der Waals surface area contributed by atoms with Crippen molar-refractivity contribution in [3.63, 3.8) is 0 Å². The van der Waals surface area contributed by atoms with Gasteiger partial charge in [0.05, 0.1) is 36.3 Å². The van der Waals surface area contributed by atoms with E-state index in [1.165, 1.54) is 0 Å². The molecule has 4 rings (SSSR count). The minimum absolute atomic E-state index is 0.00825. The highest BCUT2D eigenvalue weighted by Gasteiger charge is 2.28. The van der Waals surface area contributed by atoms with Crippen LogP contribution in [0.25, 0.3) is 5.69 Å². The first-order chi connectivity index (χ1) is 12.7. The van der Waals surface area contributed by atoms with E-state index in [4.69, 9.17) is 4.74 Å². The van der Waals surface area contributed by atoms with E-state index in [9.17, 15) is 4.79 Å². The summed E-state index contributed by atoms with van der Waals surface area (Å²) in [6.07, 6.45) is 1.58. The van der Waals surface area contributed by atoms with Gasteiger partial charge in [-0.15, -0.1) is 0 Å². The smallest absolute Gasteiger partial charge is 0.257 e. The number of morpholine rings is 1. The number of ether oxygens (including phenoxy) is 1. The maximum atomic E-state index is 13.1. The van der Waals surface area contributed by atoms with E-state index in [0.717, 1.165) is 16.9 Å². The zero-order valence-electron chi connectivity index (χ0n) is 14.7. The number of nitrogens with zero attached hydrogens (tertiary/aromatic N) is 3. The molecule has 0 radical (unpaired) electrons. The van der Waals surface area contributed by atoms with Crippen LogP contribution in [0.1, 0.15) is 27.7 Å². The van der Waals surface area contributed by atoms with Gasteiger partial charge in [-0.2, -0.15) is 5.10 Å². The van der Waals surface area contributed by atoms with Gasteiger partial charge in [0.1, 0.15) is 6.10 Å². The topological polar surface area (TPSA) is 47.4 Å². The predicted molar refractivity (Wildman–Crippen MR) is 99.3 cm³/mol. The first-order valence-corrected chi connectivity index (χ1v) is 8.80. The standard InChI is InChI=1S/C21H21N3O2/c1-16-19(14-22-24(16)18-10-6-3-7-11-18)21(25)23-12-13-26-20(15-23)17-8-4-2-5-9-17/h2-11,14,20H,12-13,15H2,1H3/t20-/m1/s1. The fourth-order valence-electron chi connectivity index (χ4n) is 3.32. The van der Waals surface area contributed by atoms with E-state index < -0.39 is 0 Å². The number of aromatic nitrogens is 2. The normalized spacial score (nSPS) is 17.3. The molecular weight excluding hydrogens is 326 g/mol. The van der Waals surface area contributed by atoms with Crippen molar-refractivity contribution in [1.29, 1.82) is 0 Å². The predicted octanol–water partition coefficient (Wildman–Crippen LogP) is 3.39. The Morgan fingerprint density at radius 1 is 1.08 bits per heavy atom. The Kier molecular flexibility index (Phi) is 4.54. The summed E-state index contributed by atoms with van der Waals surface area (Å²) < 4.78 is 7.68. The first-order valence-electron chi connectivity index (χ1n) is 8.80. The van der Waals surface area contributed by atoms with Crippen molar-refractivity contribution < 1.29 is 9.53 Å². The molecule has 3 aromatic rings. The van der Waals surface area contributed by atoms with Crippen LogP contribution in [-0.2, 0) is 4.74 Å². The van der Waals surface area contributed by atoms with E-state index in [1.54, 1.807) is 6.20 Å². The summed E-state index contributed by atoms with van der Waals surface area (Å²) in [4.78, 5) is 14.9. The zero-order chi connectivity index (χ0) is 17.9. The van der Waals surface area contributed by atoms with Crippen LogP contribution in [-0.4, -0.2) is 40.3 Å². The first kappa shape index (κ1) is 16.5. The number of amides is 1. The molecule has 26 heavy (non-hydrogen) atoms. The maximum Gasteiger partial charge on any atom is 0.257 e. The number of carbonyl (C=O) groups is 1. The molecule has 1 aliphatic rings. The summed E-state index contributed by atoms with van der Waals surface area (Å²) in [7, 11) is 0. The van der Waals surface area contributed by atoms with Gasteiger partial charge in [-0.05, 0) is 24.6 Å². The van der Waals surface area contributed by atoms with E-state index in [2.05, 4.69) is 5.10 Å². The zero-order valence-corrected chi connectivity index (χ0v) is 14.7. The van der Waals surface area contributed by atoms with Crippen LogP contribution in [0.2, 0.25) is 0 Å². The van der Waals surface area contributed by atoms with Gasteiger partial charge in [0.2, 0.25) is 0 Å². The Labute approximate surface area is 152 Å². The highest BCUT2D eigenvalue weighted by Crippen LogP contribution is 2.24. The number of benzene rings is 2. The van der Waals surface area contributed by atoms with Crippen molar-refractivity contribution in [3.8, 4) is 5.69 Å². The second kappa shape index (κ2) is 7.14. The molecule has 1 fully saturated rings. The Morgan fingerprint density at radius 3 is 2.50 bits per heavy atom. The molecule has 132 valence electrons. The molecule has 1 amide bonds. The third kappa shape index (κ3) is 3.13. The van der Waals surface area contributed by atoms with Gasteiger partial charge in [-0.1, -0.05) is 48.5 Å². The van der Waals surface area contributed by atoms with E-state index in [-0.39, 0.29) is 12.0 Å². The van der Waals surface area contributed by atoms with E-state index in [0.29, 0.717) is 25.3 Å². The van der Waals surface area contributed by atoms with Gasteiger partial charge in [0, 0.05) is 6.54 Å². The van der Waals surface area contributed by atoms with Gasteiger partial charge in [0.15, 0.2) is 0 Å². The second-order valence-corrected chi connectivity index (χ2v) is 6.41. The molecule has 0 saturated carbocycles. The molecule has 0 N–H and O–H groups in total. The highest BCUT2D eigenvalue weighted by atomic mass is 16.5. The lowest BCUT2D eigenvalue weighted by Crippen LogP contribution is -2.42. The number of para-hydroxylation sites is 1. The lowest BCUT2D eigenvalue weighted by molar-refractivity contribution is -0.0228. The molecule has 0 aliphatic carbocycles. The third-order valence-corrected chi connectivity index (χ3v) is 4.77. The van der Waals surface area contributed by atoms with Crippen LogP contribution in [0.5, 0.6) is 0 Å². The summed E-state index contributed by atoms with van der Waals surface area (Å²) in [5.74, 6) is 0.00825. The maximum absolute atomic E-state index is 13.1. The monoisotopic (exact) mass is 347 g/mol. The van der Waals surface area contributed by atoms with Crippen LogP contribution in [0.4, 0.5) is 0 Å². The second-order valence-electron chi connectivity index (χ2n) is 6.41. The molecular formula is C21H21N3O2. The molecule has 0 bridgehead atoms. The Bertz CT molecular complexity index is 890. The molecule has 0 unspecified atom stereocenters. The SMILES string of the molecule is Cc1c(C(=O)N2CCO[C@@H](c3ccccc3)C2)cnn1-c1ccccc1. The molecule has 2 heterocycles. The lowest BCUT2D eigenvalue weighted by Gasteiger charge is -2.33. The van der Waals surface area contributed by atoms with Gasteiger partial charge < -0.3 is 9.64 Å². The third-order valence-electron chi connectivity index (χ3n) is 4.77. The minimum Gasteiger partial charge on any atom is -0.370 e. The molecule has 1 aliphatic heterocycles. The van der Waals surface area contributed by atoms with Crippen molar-refractivity contribution >= 4 is 5.91 Å². The summed E-state index contributed by atoms with van der Waals surface area (Å²) in [6, 6.07) is 19.9. The molecule has 5 heteroatoms. The lowest BCUT2D eigenvalue weighted by atomic mass is 10.1. The number of carbonyl (C=O) groups excluding carboxylic acids is 1. The number of hydrogen-bond acceptors (Lipinski definition) is 3. The molecule has 0 spiro atoms. The largest absolute Gasteiger partial charge is 0.370 e. The fourth-order valence-corrected chi connectivity index (χ4v) is 3.32. The molecule has 1 aromatic heterocycles. The average Bonchev–Trinajstić information content (AvgIpc) is 3.10. The molecule has 1 atom stereocenters. The van der Waals surface area contributed by atoms with Crippen molar-refractivity contribution in [3.05, 3.63) is 83.7 Å². The van der Waals surface area contributed by atoms with E-state index in [1.807, 2.05) is 77.2 Å². The number of hydrogen-bond donors (Lipinski definition) is 0. The number of rotatable bonds is 3. The van der Waals surface area contributed by atoms with Crippen LogP contribution < -0.4 is 0 Å². The minimum atomic E-state index is -0.0848. The van der Waals surface area contributed by atoms with Gasteiger partial charge in [0.25, 0.3) is 5.91 Å². The molecule has 2 aromatic carbocycles. The van der Waals surface area contributed by atoms with Crippen molar-refractivity contribution in [1.82, 2.24) is 14.7 Å². The van der Waals surface area contributed by atoms with Crippen LogP contribution >= 0.6 is 0 Å². The van der Waals surface area contributed by atoms with Crippen LogP contribution in [0.15, 0.2) is 66.9 Å². The fraction of sp³-hybridized carbons (Fsp3) is 0.238. The van der Waals surface area contributed by atoms with Crippen molar-refractivity contribution in [2.75, 3.05) is 19.7 Å². The summed E-state index contributed by atoms with van der Waals surface area (Å²) in [6.45, 7) is 3.62. The average molecular weight is 347 g/mol. The Morgan fingerprint density at radius 2 is 1.77 bits per heavy atom. The quantitative estimate of drug-likeness (QED) is 0.730. The van der Waals surface area contributed by atoms with Crippen molar-refractivity contribution in [2.45, 2.75) is 13.0 Å². The van der Waals surface area contributed by atoms with Crippen LogP contribution in [0.3, 0.4) is 0 Å². The molecule has 5 nitrogen and oxygen atoms in total. The van der Waals surface area contributed by atoms with Gasteiger partial charge in [-0.3, -0.25) is 4.79 Å². The van der Waals surface area contributed by atoms with Gasteiger partial charge in [-0.25, -0.2) is 4.68 Å². The van der Waals surface area contributed by atoms with Crippen LogP contribution in [0, 0.1) is 6.92 Å². The Balaban J connectivity index is 1.55. The highest BCUT2D eigenvalue weighted by molar-refractivity contribution is 5.95. The Hall–Kier alpha value is -2.92. The summed E-state index contributed by atoms with van der Waals surface area (Å²) in [5.41, 5.74) is 3.54. The summed E-state index contributed by atoms with van der Waals surface area (Å²) in [5, 5.41) is 4.42. The van der Waals surface area contributed by atoms with Crippen molar-refractivity contribution in [2.24, 2.45) is 0 Å².